The molecule has 0 atom stereocenters. The summed E-state index contributed by atoms with van der Waals surface area (Å²) in [7, 11) is 0. The number of anilines is 3. The average Bonchev–Trinajstić information content (AvgIpc) is 3.09. The molecule has 1 aromatic heterocycles. The molecule has 0 spiro atoms. The van der Waals surface area contributed by atoms with Gasteiger partial charge in [0.1, 0.15) is 0 Å². The van der Waals surface area contributed by atoms with Crippen LogP contribution in [0.25, 0.3) is 0 Å². The van der Waals surface area contributed by atoms with Gasteiger partial charge in [0.05, 0.1) is 6.04 Å². The molecule has 222 valence electrons. The monoisotopic (exact) mass is 577 g/mol. The summed E-state index contributed by atoms with van der Waals surface area (Å²) in [5.74, 6) is 1.33. The molecule has 0 aliphatic carbocycles. The van der Waals surface area contributed by atoms with Crippen LogP contribution in [-0.2, 0) is 0 Å². The van der Waals surface area contributed by atoms with Crippen molar-refractivity contribution in [3.8, 4) is 0 Å². The van der Waals surface area contributed by atoms with Gasteiger partial charge in [0.15, 0.2) is 0 Å². The molecule has 2 fully saturated rings. The van der Waals surface area contributed by atoms with Crippen molar-refractivity contribution in [1.29, 1.82) is 0 Å². The van der Waals surface area contributed by atoms with E-state index in [1.54, 1.807) is 12.1 Å². The molecule has 2 aliphatic rings. The number of hydrogen-bond acceptors (Lipinski definition) is 9. The highest BCUT2D eigenvalue weighted by Gasteiger charge is 2.28. The first-order chi connectivity index (χ1) is 21.2. The summed E-state index contributed by atoms with van der Waals surface area (Å²) in [6.45, 7) is 10.1. The van der Waals surface area contributed by atoms with Crippen LogP contribution in [-0.4, -0.2) is 89.6 Å². The molecule has 0 saturated carbocycles. The van der Waals surface area contributed by atoms with Gasteiger partial charge in [-0.25, -0.2) is 0 Å². The fraction of sp³-hybridized carbons (Fsp3) is 0.333. The van der Waals surface area contributed by atoms with Gasteiger partial charge < -0.3 is 14.7 Å². The highest BCUT2D eigenvalue weighted by molar-refractivity contribution is 5.94. The lowest BCUT2D eigenvalue weighted by Crippen LogP contribution is -2.49. The Morgan fingerprint density at radius 2 is 1.16 bits per heavy atom. The number of nitrogens with one attached hydrogen (secondary N) is 2. The second kappa shape index (κ2) is 13.6. The Kier molecular flexibility index (Phi) is 9.05. The number of rotatable bonds is 9. The first kappa shape index (κ1) is 28.6. The Hall–Kier alpha value is -4.54. The summed E-state index contributed by atoms with van der Waals surface area (Å²) in [5.41, 5.74) is 8.85. The standard InChI is InChI=1S/C33H39N9O/c1-2-39-18-20-41(21-19-39)32-34-31(38-37-30(43)28-16-10-5-11-17-28)35-33(36-32)42-24-22-40(23-25-42)29(26-12-6-3-7-13-26)27-14-8-4-9-15-27/h3-17,29H,2,18-25H2,1H3,(H,37,43)(H,34,35,36,38). The van der Waals surface area contributed by atoms with Crippen LogP contribution in [0, 0.1) is 0 Å². The topological polar surface area (TPSA) is 92.8 Å². The van der Waals surface area contributed by atoms with Gasteiger partial charge in [-0.1, -0.05) is 85.8 Å². The largest absolute Gasteiger partial charge is 0.338 e. The van der Waals surface area contributed by atoms with Gasteiger partial charge in [0.2, 0.25) is 17.8 Å². The third-order valence-electron chi connectivity index (χ3n) is 8.23. The maximum Gasteiger partial charge on any atom is 0.269 e. The zero-order valence-electron chi connectivity index (χ0n) is 24.6. The van der Waals surface area contributed by atoms with Crippen LogP contribution >= 0.6 is 0 Å². The molecule has 2 N–H and O–H groups in total. The molecule has 10 heteroatoms. The molecule has 4 aromatic rings. The lowest BCUT2D eigenvalue weighted by molar-refractivity contribution is 0.0962. The number of carbonyl (C=O) groups is 1. The quantitative estimate of drug-likeness (QED) is 0.289. The number of nitrogens with zero attached hydrogens (tertiary/aromatic N) is 7. The van der Waals surface area contributed by atoms with E-state index in [9.17, 15) is 4.79 Å². The number of hydrogen-bond donors (Lipinski definition) is 2. The summed E-state index contributed by atoms with van der Waals surface area (Å²) in [6, 6.07) is 30.7. The van der Waals surface area contributed by atoms with Gasteiger partial charge in [0, 0.05) is 57.9 Å². The van der Waals surface area contributed by atoms with E-state index in [-0.39, 0.29) is 11.9 Å². The number of carbonyl (C=O) groups excluding carboxylic acids is 1. The summed E-state index contributed by atoms with van der Waals surface area (Å²) < 4.78 is 0. The van der Waals surface area contributed by atoms with E-state index in [0.29, 0.717) is 23.4 Å². The van der Waals surface area contributed by atoms with Gasteiger partial charge >= 0.3 is 0 Å². The Labute approximate surface area is 253 Å². The van der Waals surface area contributed by atoms with Crippen LogP contribution in [0.3, 0.4) is 0 Å². The third kappa shape index (κ3) is 6.93. The molecule has 3 heterocycles. The maximum atomic E-state index is 12.7. The molecule has 1 amide bonds. The smallest absolute Gasteiger partial charge is 0.269 e. The van der Waals surface area contributed by atoms with Crippen LogP contribution in [0.1, 0.15) is 34.5 Å². The first-order valence-corrected chi connectivity index (χ1v) is 15.1. The predicted octanol–water partition coefficient (Wildman–Crippen LogP) is 3.68. The van der Waals surface area contributed by atoms with Crippen molar-refractivity contribution in [3.05, 3.63) is 108 Å². The number of piperazine rings is 2. The molecule has 6 rings (SSSR count). The SMILES string of the molecule is CCN1CCN(c2nc(NNC(=O)c3ccccc3)nc(N3CCN(C(c4ccccc4)c4ccccc4)CC3)n2)CC1. The van der Waals surface area contributed by atoms with Crippen molar-refractivity contribution < 1.29 is 4.79 Å². The molecular formula is C33H39N9O. The Morgan fingerprint density at radius 1 is 0.674 bits per heavy atom. The van der Waals surface area contributed by atoms with Crippen LogP contribution < -0.4 is 20.7 Å². The maximum absolute atomic E-state index is 12.7. The summed E-state index contributed by atoms with van der Waals surface area (Å²) >= 11 is 0. The molecule has 43 heavy (non-hydrogen) atoms. The number of amides is 1. The van der Waals surface area contributed by atoms with E-state index in [2.05, 4.69) is 98.0 Å². The summed E-state index contributed by atoms with van der Waals surface area (Å²) in [5, 5.41) is 0. The molecule has 2 saturated heterocycles. The molecule has 0 unspecified atom stereocenters. The number of aromatic nitrogens is 3. The van der Waals surface area contributed by atoms with Crippen molar-refractivity contribution in [2.45, 2.75) is 13.0 Å². The van der Waals surface area contributed by atoms with Crippen molar-refractivity contribution in [1.82, 2.24) is 30.2 Å². The summed E-state index contributed by atoms with van der Waals surface area (Å²) in [6.07, 6.45) is 0. The van der Waals surface area contributed by atoms with Crippen LogP contribution in [0.4, 0.5) is 17.8 Å². The highest BCUT2D eigenvalue weighted by Crippen LogP contribution is 2.30. The lowest BCUT2D eigenvalue weighted by Gasteiger charge is -2.40. The predicted molar refractivity (Wildman–Crippen MR) is 170 cm³/mol. The average molecular weight is 578 g/mol. The Bertz CT molecular complexity index is 1420. The van der Waals surface area contributed by atoms with Crippen LogP contribution in [0.15, 0.2) is 91.0 Å². The highest BCUT2D eigenvalue weighted by atomic mass is 16.2. The number of benzene rings is 3. The Morgan fingerprint density at radius 3 is 1.67 bits per heavy atom. The minimum absolute atomic E-state index is 0.179. The second-order valence-electron chi connectivity index (χ2n) is 10.9. The minimum Gasteiger partial charge on any atom is -0.338 e. The van der Waals surface area contributed by atoms with E-state index >= 15 is 0 Å². The van der Waals surface area contributed by atoms with Crippen molar-refractivity contribution in [2.24, 2.45) is 0 Å². The number of hydrazine groups is 1. The van der Waals surface area contributed by atoms with Gasteiger partial charge in [-0.05, 0) is 29.8 Å². The lowest BCUT2D eigenvalue weighted by atomic mass is 9.96. The fourth-order valence-electron chi connectivity index (χ4n) is 5.80. The van der Waals surface area contributed by atoms with Crippen LogP contribution in [0.5, 0.6) is 0 Å². The zero-order valence-corrected chi connectivity index (χ0v) is 24.6. The molecular weight excluding hydrogens is 538 g/mol. The van der Waals surface area contributed by atoms with Crippen LogP contribution in [0.2, 0.25) is 0 Å². The third-order valence-corrected chi connectivity index (χ3v) is 8.23. The molecule has 0 radical (unpaired) electrons. The van der Waals surface area contributed by atoms with Gasteiger partial charge in [-0.2, -0.15) is 15.0 Å². The van der Waals surface area contributed by atoms with Crippen molar-refractivity contribution in [3.63, 3.8) is 0 Å². The molecule has 2 aliphatic heterocycles. The van der Waals surface area contributed by atoms with Crippen molar-refractivity contribution in [2.75, 3.05) is 74.1 Å². The first-order valence-electron chi connectivity index (χ1n) is 15.1. The fourth-order valence-corrected chi connectivity index (χ4v) is 5.80. The summed E-state index contributed by atoms with van der Waals surface area (Å²) in [4.78, 5) is 36.5. The second-order valence-corrected chi connectivity index (χ2v) is 10.9. The van der Waals surface area contributed by atoms with Gasteiger partial charge in [-0.15, -0.1) is 0 Å². The van der Waals surface area contributed by atoms with Gasteiger partial charge in [-0.3, -0.25) is 20.5 Å². The van der Waals surface area contributed by atoms with Gasteiger partial charge in [0.25, 0.3) is 5.91 Å². The normalized spacial score (nSPS) is 16.3. The van der Waals surface area contributed by atoms with E-state index in [0.717, 1.165) is 58.9 Å². The number of likely N-dealkylation sites (N-methyl/N-ethyl adjacent to an activating group) is 1. The molecule has 3 aromatic carbocycles. The van der Waals surface area contributed by atoms with Crippen molar-refractivity contribution >= 4 is 23.8 Å². The van der Waals surface area contributed by atoms with E-state index in [1.807, 2.05) is 18.2 Å². The molecule has 10 nitrogen and oxygen atoms in total. The van der Waals surface area contributed by atoms with E-state index < -0.39 is 0 Å². The molecule has 0 bridgehead atoms. The Balaban J connectivity index is 1.20. The van der Waals surface area contributed by atoms with E-state index in [4.69, 9.17) is 15.0 Å². The van der Waals surface area contributed by atoms with E-state index in [1.165, 1.54) is 11.1 Å². The minimum atomic E-state index is -0.248. The zero-order chi connectivity index (χ0) is 29.4.